The normalized spacial score (nSPS) is 15.4. The molecule has 0 aliphatic carbocycles. The Bertz CT molecular complexity index is 396. The highest BCUT2D eigenvalue weighted by Crippen LogP contribution is 2.42. The largest absolute Gasteiger partial charge is 0.504 e. The van der Waals surface area contributed by atoms with Gasteiger partial charge in [0, 0.05) is 5.56 Å². The van der Waals surface area contributed by atoms with Gasteiger partial charge >= 0.3 is 0 Å². The van der Waals surface area contributed by atoms with Crippen LogP contribution in [0, 0.1) is 5.82 Å². The van der Waals surface area contributed by atoms with Gasteiger partial charge in [0.15, 0.2) is 11.5 Å². The predicted molar refractivity (Wildman–Crippen MR) is 48.2 cm³/mol. The van der Waals surface area contributed by atoms with Crippen molar-refractivity contribution < 1.29 is 24.1 Å². The Balaban J connectivity index is 2.54. The molecule has 1 aromatic rings. The molecule has 0 aromatic heterocycles. The van der Waals surface area contributed by atoms with Crippen molar-refractivity contribution >= 4 is 0 Å². The van der Waals surface area contributed by atoms with Crippen molar-refractivity contribution in [3.8, 4) is 17.2 Å². The summed E-state index contributed by atoms with van der Waals surface area (Å²) in [5.41, 5.74) is 5.58. The van der Waals surface area contributed by atoms with E-state index in [1.807, 2.05) is 0 Å². The fourth-order valence-electron chi connectivity index (χ4n) is 1.39. The molecule has 0 radical (unpaired) electrons. The topological polar surface area (TPSA) is 84.9 Å². The van der Waals surface area contributed by atoms with Gasteiger partial charge in [0.25, 0.3) is 0 Å². The maximum atomic E-state index is 13.5. The predicted octanol–water partition coefficient (Wildman–Crippen LogP) is 0.252. The summed E-state index contributed by atoms with van der Waals surface area (Å²) in [6.45, 7) is -0.490. The summed E-state index contributed by atoms with van der Waals surface area (Å²) in [6, 6.07) is 0.510. The Labute approximate surface area is 84.8 Å². The molecule has 1 aliphatic rings. The Morgan fingerprint density at radius 1 is 1.53 bits per heavy atom. The van der Waals surface area contributed by atoms with Crippen LogP contribution in [0.15, 0.2) is 6.07 Å². The van der Waals surface area contributed by atoms with Gasteiger partial charge < -0.3 is 25.4 Å². The van der Waals surface area contributed by atoms with E-state index < -0.39 is 24.2 Å². The van der Waals surface area contributed by atoms with Gasteiger partial charge in [-0.3, -0.25) is 0 Å². The fraction of sp³-hybridized carbons (Fsp3) is 0.333. The molecule has 0 fully saturated rings. The number of rotatable bonds is 2. The van der Waals surface area contributed by atoms with Crippen LogP contribution in [0.3, 0.4) is 0 Å². The SMILES string of the molecule is NC(CO)c1cc2c(c(F)c1O)OCO2. The van der Waals surface area contributed by atoms with E-state index in [2.05, 4.69) is 0 Å². The quantitative estimate of drug-likeness (QED) is 0.658. The van der Waals surface area contributed by atoms with Crippen LogP contribution < -0.4 is 15.2 Å². The first kappa shape index (κ1) is 10.0. The van der Waals surface area contributed by atoms with Gasteiger partial charge in [0.1, 0.15) is 0 Å². The number of aliphatic hydroxyl groups is 1. The number of nitrogens with two attached hydrogens (primary N) is 1. The van der Waals surface area contributed by atoms with Gasteiger partial charge in [0.2, 0.25) is 18.4 Å². The number of ether oxygens (including phenoxy) is 2. The number of hydrogen-bond donors (Lipinski definition) is 3. The first-order valence-corrected chi connectivity index (χ1v) is 4.32. The summed E-state index contributed by atoms with van der Waals surface area (Å²) in [6.07, 6.45) is 0. The van der Waals surface area contributed by atoms with E-state index in [0.717, 1.165) is 0 Å². The molecule has 15 heavy (non-hydrogen) atoms. The second-order valence-corrected chi connectivity index (χ2v) is 3.15. The molecule has 2 rings (SSSR count). The zero-order chi connectivity index (χ0) is 11.0. The van der Waals surface area contributed by atoms with E-state index in [1.165, 1.54) is 6.07 Å². The van der Waals surface area contributed by atoms with Gasteiger partial charge in [-0.1, -0.05) is 0 Å². The molecule has 1 aliphatic heterocycles. The average molecular weight is 215 g/mol. The Kier molecular flexibility index (Phi) is 2.37. The Morgan fingerprint density at radius 2 is 2.27 bits per heavy atom. The van der Waals surface area contributed by atoms with Gasteiger partial charge in [0.05, 0.1) is 12.6 Å². The summed E-state index contributed by atoms with van der Waals surface area (Å²) in [5, 5.41) is 18.3. The van der Waals surface area contributed by atoms with E-state index in [0.29, 0.717) is 0 Å². The molecule has 82 valence electrons. The number of aliphatic hydroxyl groups excluding tert-OH is 1. The van der Waals surface area contributed by atoms with Crippen LogP contribution in [-0.4, -0.2) is 23.6 Å². The van der Waals surface area contributed by atoms with Crippen LogP contribution >= 0.6 is 0 Å². The Morgan fingerprint density at radius 3 is 2.93 bits per heavy atom. The van der Waals surface area contributed by atoms with Crippen LogP contribution in [0.25, 0.3) is 0 Å². The first-order valence-electron chi connectivity index (χ1n) is 4.32. The lowest BCUT2D eigenvalue weighted by molar-refractivity contribution is 0.170. The van der Waals surface area contributed by atoms with E-state index in [-0.39, 0.29) is 23.9 Å². The average Bonchev–Trinajstić information content (AvgIpc) is 2.70. The molecule has 0 saturated heterocycles. The highest BCUT2D eigenvalue weighted by molar-refractivity contribution is 5.53. The maximum Gasteiger partial charge on any atom is 0.231 e. The Hall–Kier alpha value is -1.53. The molecule has 0 saturated carbocycles. The molecule has 1 atom stereocenters. The fourth-order valence-corrected chi connectivity index (χ4v) is 1.39. The highest BCUT2D eigenvalue weighted by atomic mass is 19.1. The van der Waals surface area contributed by atoms with Crippen molar-refractivity contribution in [2.24, 2.45) is 5.73 Å². The molecular weight excluding hydrogens is 205 g/mol. The van der Waals surface area contributed by atoms with E-state index in [1.54, 1.807) is 0 Å². The summed E-state index contributed by atoms with van der Waals surface area (Å²) in [5.74, 6) is -1.46. The molecule has 6 heteroatoms. The number of aromatic hydroxyl groups is 1. The molecule has 4 N–H and O–H groups in total. The summed E-state index contributed by atoms with van der Waals surface area (Å²) in [4.78, 5) is 0. The second kappa shape index (κ2) is 3.56. The third-order valence-corrected chi connectivity index (χ3v) is 2.20. The maximum absolute atomic E-state index is 13.5. The van der Waals surface area contributed by atoms with Crippen LogP contribution in [0.2, 0.25) is 0 Å². The van der Waals surface area contributed by atoms with Gasteiger partial charge in [-0.2, -0.15) is 4.39 Å². The second-order valence-electron chi connectivity index (χ2n) is 3.15. The van der Waals surface area contributed by atoms with Crippen molar-refractivity contribution in [3.05, 3.63) is 17.4 Å². The molecule has 1 aromatic carbocycles. The lowest BCUT2D eigenvalue weighted by Gasteiger charge is -2.12. The minimum absolute atomic E-state index is 0.0937. The van der Waals surface area contributed by atoms with Crippen molar-refractivity contribution in [3.63, 3.8) is 0 Å². The first-order chi connectivity index (χ1) is 7.15. The third-order valence-electron chi connectivity index (χ3n) is 2.20. The summed E-state index contributed by atoms with van der Waals surface area (Å²) >= 11 is 0. The summed E-state index contributed by atoms with van der Waals surface area (Å²) in [7, 11) is 0. The molecule has 0 spiro atoms. The molecule has 0 bridgehead atoms. The number of benzene rings is 1. The number of phenolic OH excluding ortho intramolecular Hbond substituents is 1. The van der Waals surface area contributed by atoms with Crippen LogP contribution in [0.4, 0.5) is 4.39 Å². The van der Waals surface area contributed by atoms with Crippen LogP contribution in [0.5, 0.6) is 17.2 Å². The zero-order valence-corrected chi connectivity index (χ0v) is 7.74. The minimum atomic E-state index is -0.913. The van der Waals surface area contributed by atoms with E-state index in [4.69, 9.17) is 20.3 Å². The third kappa shape index (κ3) is 1.47. The number of halogens is 1. The molecular formula is C9H10FNO4. The van der Waals surface area contributed by atoms with Crippen molar-refractivity contribution in [1.29, 1.82) is 0 Å². The smallest absolute Gasteiger partial charge is 0.231 e. The minimum Gasteiger partial charge on any atom is -0.504 e. The molecule has 0 amide bonds. The number of phenols is 1. The van der Waals surface area contributed by atoms with Crippen molar-refractivity contribution in [2.75, 3.05) is 13.4 Å². The summed E-state index contributed by atoms with van der Waals surface area (Å²) < 4.78 is 23.2. The van der Waals surface area contributed by atoms with E-state index in [9.17, 15) is 9.50 Å². The monoisotopic (exact) mass is 215 g/mol. The number of fused-ring (bicyclic) bond motifs is 1. The van der Waals surface area contributed by atoms with Gasteiger partial charge in [-0.05, 0) is 6.07 Å². The number of hydrogen-bond acceptors (Lipinski definition) is 5. The van der Waals surface area contributed by atoms with Crippen molar-refractivity contribution in [1.82, 2.24) is 0 Å². The molecule has 5 nitrogen and oxygen atoms in total. The molecule has 1 heterocycles. The van der Waals surface area contributed by atoms with Crippen LogP contribution in [0.1, 0.15) is 11.6 Å². The molecule has 1 unspecified atom stereocenters. The standard InChI is InChI=1S/C9H10FNO4/c10-7-8(13)4(5(11)2-12)1-6-9(7)15-3-14-6/h1,5,12-13H,2-3,11H2. The lowest BCUT2D eigenvalue weighted by atomic mass is 10.1. The van der Waals surface area contributed by atoms with Gasteiger partial charge in [-0.25, -0.2) is 0 Å². The van der Waals surface area contributed by atoms with Crippen LogP contribution in [-0.2, 0) is 0 Å². The highest BCUT2D eigenvalue weighted by Gasteiger charge is 2.26. The van der Waals surface area contributed by atoms with Crippen molar-refractivity contribution in [2.45, 2.75) is 6.04 Å². The lowest BCUT2D eigenvalue weighted by Crippen LogP contribution is -2.15. The van der Waals surface area contributed by atoms with Gasteiger partial charge in [-0.15, -0.1) is 0 Å². The van der Waals surface area contributed by atoms with E-state index >= 15 is 0 Å². The zero-order valence-electron chi connectivity index (χ0n) is 7.74.